The van der Waals surface area contributed by atoms with Gasteiger partial charge in [-0.05, 0) is 37.6 Å². The van der Waals surface area contributed by atoms with Crippen molar-refractivity contribution in [2.75, 3.05) is 5.32 Å². The Morgan fingerprint density at radius 3 is 2.60 bits per heavy atom. The second kappa shape index (κ2) is 7.07. The molecule has 6 heteroatoms. The van der Waals surface area contributed by atoms with Crippen molar-refractivity contribution in [2.24, 2.45) is 0 Å². The topological polar surface area (TPSA) is 46.9 Å². The molecule has 4 nitrogen and oxygen atoms in total. The Morgan fingerprint density at radius 2 is 1.92 bits per heavy atom. The SMILES string of the molecule is Cc1nn(Cc2ccccc2)c(C)c1C(=O)Nc1ccc(Cl)cc1F. The number of amides is 1. The molecule has 1 amide bonds. The van der Waals surface area contributed by atoms with Gasteiger partial charge in [-0.25, -0.2) is 4.39 Å². The van der Waals surface area contributed by atoms with E-state index in [0.29, 0.717) is 17.8 Å². The summed E-state index contributed by atoms with van der Waals surface area (Å²) < 4.78 is 15.7. The molecule has 0 bridgehead atoms. The number of rotatable bonds is 4. The van der Waals surface area contributed by atoms with Gasteiger partial charge in [0.1, 0.15) is 5.82 Å². The number of carbonyl (C=O) groups excluding carboxylic acids is 1. The van der Waals surface area contributed by atoms with E-state index in [0.717, 1.165) is 17.3 Å². The third-order valence-electron chi connectivity index (χ3n) is 3.96. The van der Waals surface area contributed by atoms with Gasteiger partial charge in [-0.3, -0.25) is 9.48 Å². The summed E-state index contributed by atoms with van der Waals surface area (Å²) in [4.78, 5) is 12.6. The summed E-state index contributed by atoms with van der Waals surface area (Å²) in [6.45, 7) is 4.16. The number of nitrogens with zero attached hydrogens (tertiary/aromatic N) is 2. The van der Waals surface area contributed by atoms with Crippen LogP contribution in [-0.4, -0.2) is 15.7 Å². The number of halogens is 2. The molecular formula is C19H17ClFN3O. The van der Waals surface area contributed by atoms with Crippen LogP contribution in [0, 0.1) is 19.7 Å². The molecule has 0 spiro atoms. The fraction of sp³-hybridized carbons (Fsp3) is 0.158. The minimum Gasteiger partial charge on any atom is -0.319 e. The van der Waals surface area contributed by atoms with Crippen molar-refractivity contribution < 1.29 is 9.18 Å². The summed E-state index contributed by atoms with van der Waals surface area (Å²) in [7, 11) is 0. The highest BCUT2D eigenvalue weighted by Crippen LogP contribution is 2.21. The first kappa shape index (κ1) is 17.2. The molecule has 0 aliphatic heterocycles. The summed E-state index contributed by atoms with van der Waals surface area (Å²) >= 11 is 5.74. The fourth-order valence-corrected chi connectivity index (χ4v) is 2.87. The van der Waals surface area contributed by atoms with Crippen LogP contribution in [0.25, 0.3) is 0 Å². The maximum atomic E-state index is 13.9. The fourth-order valence-electron chi connectivity index (χ4n) is 2.71. The van der Waals surface area contributed by atoms with Crippen LogP contribution in [0.5, 0.6) is 0 Å². The average molecular weight is 358 g/mol. The van der Waals surface area contributed by atoms with Gasteiger partial charge in [-0.1, -0.05) is 41.9 Å². The summed E-state index contributed by atoms with van der Waals surface area (Å²) in [6, 6.07) is 14.0. The van der Waals surface area contributed by atoms with E-state index in [1.54, 1.807) is 11.6 Å². The van der Waals surface area contributed by atoms with Gasteiger partial charge in [0.05, 0.1) is 23.5 Å². The van der Waals surface area contributed by atoms with E-state index in [-0.39, 0.29) is 10.7 Å². The Bertz CT molecular complexity index is 922. The Labute approximate surface area is 150 Å². The van der Waals surface area contributed by atoms with Crippen molar-refractivity contribution in [1.29, 1.82) is 0 Å². The van der Waals surface area contributed by atoms with Gasteiger partial charge in [0.2, 0.25) is 0 Å². The van der Waals surface area contributed by atoms with Gasteiger partial charge in [-0.2, -0.15) is 5.10 Å². The first-order valence-corrected chi connectivity index (χ1v) is 8.18. The van der Waals surface area contributed by atoms with Gasteiger partial charge < -0.3 is 5.32 Å². The van der Waals surface area contributed by atoms with Crippen LogP contribution in [0.4, 0.5) is 10.1 Å². The number of nitrogens with one attached hydrogen (secondary N) is 1. The molecule has 1 aromatic heterocycles. The Hall–Kier alpha value is -2.66. The summed E-state index contributed by atoms with van der Waals surface area (Å²) in [5, 5.41) is 7.31. The molecule has 0 saturated heterocycles. The molecule has 3 aromatic rings. The molecule has 3 rings (SSSR count). The van der Waals surface area contributed by atoms with Crippen molar-refractivity contribution in [3.8, 4) is 0 Å². The predicted molar refractivity (Wildman–Crippen MR) is 96.6 cm³/mol. The minimum atomic E-state index is -0.576. The molecule has 2 aromatic carbocycles. The van der Waals surface area contributed by atoms with Crippen LogP contribution in [0.1, 0.15) is 27.3 Å². The Balaban J connectivity index is 1.85. The normalized spacial score (nSPS) is 10.7. The lowest BCUT2D eigenvalue weighted by atomic mass is 10.1. The zero-order valence-corrected chi connectivity index (χ0v) is 14.6. The molecule has 0 atom stereocenters. The van der Waals surface area contributed by atoms with Crippen LogP contribution in [0.3, 0.4) is 0 Å². The van der Waals surface area contributed by atoms with E-state index in [2.05, 4.69) is 10.4 Å². The first-order valence-electron chi connectivity index (χ1n) is 7.80. The van der Waals surface area contributed by atoms with Gasteiger partial charge in [0.15, 0.2) is 0 Å². The highest BCUT2D eigenvalue weighted by atomic mass is 35.5. The van der Waals surface area contributed by atoms with Gasteiger partial charge in [0, 0.05) is 10.7 Å². The number of hydrogen-bond donors (Lipinski definition) is 1. The number of aryl methyl sites for hydroxylation is 1. The Kier molecular flexibility index (Phi) is 4.86. The van der Waals surface area contributed by atoms with Crippen molar-refractivity contribution in [3.63, 3.8) is 0 Å². The molecule has 1 N–H and O–H groups in total. The molecule has 0 radical (unpaired) electrons. The third kappa shape index (κ3) is 3.72. The molecule has 0 unspecified atom stereocenters. The molecule has 0 saturated carbocycles. The molecule has 0 aliphatic carbocycles. The summed E-state index contributed by atoms with van der Waals surface area (Å²) in [5.41, 5.74) is 2.95. The molecule has 25 heavy (non-hydrogen) atoms. The maximum absolute atomic E-state index is 13.9. The molecule has 128 valence electrons. The van der Waals surface area contributed by atoms with Crippen molar-refractivity contribution in [3.05, 3.63) is 81.9 Å². The first-order chi connectivity index (χ1) is 12.0. The van der Waals surface area contributed by atoms with Gasteiger partial charge in [-0.15, -0.1) is 0 Å². The lowest BCUT2D eigenvalue weighted by Crippen LogP contribution is -2.15. The summed E-state index contributed by atoms with van der Waals surface area (Å²) in [6.07, 6.45) is 0. The zero-order valence-electron chi connectivity index (χ0n) is 13.9. The number of aromatic nitrogens is 2. The highest BCUT2D eigenvalue weighted by Gasteiger charge is 2.20. The molecule has 1 heterocycles. The number of carbonyl (C=O) groups is 1. The van der Waals surface area contributed by atoms with E-state index in [1.807, 2.05) is 37.3 Å². The second-order valence-electron chi connectivity index (χ2n) is 5.77. The quantitative estimate of drug-likeness (QED) is 0.742. The van der Waals surface area contributed by atoms with Crippen LogP contribution in [0.2, 0.25) is 5.02 Å². The molecular weight excluding hydrogens is 341 g/mol. The van der Waals surface area contributed by atoms with E-state index in [9.17, 15) is 9.18 Å². The van der Waals surface area contributed by atoms with Crippen LogP contribution in [0.15, 0.2) is 48.5 Å². The lowest BCUT2D eigenvalue weighted by molar-refractivity contribution is 0.102. The lowest BCUT2D eigenvalue weighted by Gasteiger charge is -2.08. The van der Waals surface area contributed by atoms with Crippen LogP contribution < -0.4 is 5.32 Å². The second-order valence-corrected chi connectivity index (χ2v) is 6.20. The monoisotopic (exact) mass is 357 g/mol. The van der Waals surface area contributed by atoms with Gasteiger partial charge >= 0.3 is 0 Å². The number of hydrogen-bond acceptors (Lipinski definition) is 2. The average Bonchev–Trinajstić information content (AvgIpc) is 2.85. The number of benzene rings is 2. The van der Waals surface area contributed by atoms with Crippen LogP contribution >= 0.6 is 11.6 Å². The predicted octanol–water partition coefficient (Wildman–Crippen LogP) is 4.59. The van der Waals surface area contributed by atoms with Gasteiger partial charge in [0.25, 0.3) is 5.91 Å². The van der Waals surface area contributed by atoms with E-state index >= 15 is 0 Å². The van der Waals surface area contributed by atoms with Crippen LogP contribution in [-0.2, 0) is 6.54 Å². The maximum Gasteiger partial charge on any atom is 0.259 e. The number of anilines is 1. The van der Waals surface area contributed by atoms with E-state index in [1.165, 1.54) is 12.1 Å². The third-order valence-corrected chi connectivity index (χ3v) is 4.20. The zero-order chi connectivity index (χ0) is 18.0. The smallest absolute Gasteiger partial charge is 0.259 e. The molecule has 0 aliphatic rings. The largest absolute Gasteiger partial charge is 0.319 e. The highest BCUT2D eigenvalue weighted by molar-refractivity contribution is 6.30. The minimum absolute atomic E-state index is 0.0870. The molecule has 0 fully saturated rings. The van der Waals surface area contributed by atoms with E-state index in [4.69, 9.17) is 11.6 Å². The van der Waals surface area contributed by atoms with Crippen molar-refractivity contribution >= 4 is 23.2 Å². The van der Waals surface area contributed by atoms with E-state index < -0.39 is 11.7 Å². The van der Waals surface area contributed by atoms with Crippen molar-refractivity contribution in [2.45, 2.75) is 20.4 Å². The standard InChI is InChI=1S/C19H17ClFN3O/c1-12-18(19(25)22-17-9-8-15(20)10-16(17)21)13(2)24(23-12)11-14-6-4-3-5-7-14/h3-10H,11H2,1-2H3,(H,22,25). The Morgan fingerprint density at radius 1 is 1.20 bits per heavy atom. The summed E-state index contributed by atoms with van der Waals surface area (Å²) in [5.74, 6) is -0.969. The van der Waals surface area contributed by atoms with Crippen molar-refractivity contribution in [1.82, 2.24) is 9.78 Å².